The molecule has 0 aromatic rings. The smallest absolute Gasteiger partial charge is 0.133 e. The average Bonchev–Trinajstić information content (AvgIpc) is 2.76. The maximum absolute atomic E-state index is 11.6. The lowest BCUT2D eigenvalue weighted by Gasteiger charge is -2.20. The van der Waals surface area contributed by atoms with Gasteiger partial charge in [0, 0.05) is 12.8 Å². The van der Waals surface area contributed by atoms with Crippen LogP contribution in [-0.4, -0.2) is 5.78 Å². The highest BCUT2D eigenvalue weighted by atomic mass is 16.1. The first-order chi connectivity index (χ1) is 6.79. The fourth-order valence-electron chi connectivity index (χ4n) is 3.28. The molecule has 2 aliphatic rings. The Bertz CT molecular complexity index is 231. The van der Waals surface area contributed by atoms with E-state index in [1.165, 1.54) is 25.7 Å². The van der Waals surface area contributed by atoms with Crippen LogP contribution in [0.5, 0.6) is 0 Å². The van der Waals surface area contributed by atoms with Crippen LogP contribution in [0.25, 0.3) is 0 Å². The molecule has 14 heavy (non-hydrogen) atoms. The van der Waals surface area contributed by atoms with E-state index in [1.807, 2.05) is 6.08 Å². The minimum Gasteiger partial charge on any atom is -0.300 e. The molecule has 2 bridgehead atoms. The summed E-state index contributed by atoms with van der Waals surface area (Å²) in [4.78, 5) is 11.6. The lowest BCUT2D eigenvalue weighted by atomic mass is 9.84. The van der Waals surface area contributed by atoms with Crippen molar-refractivity contribution in [3.63, 3.8) is 0 Å². The molecule has 1 nitrogen and oxygen atoms in total. The SMILES string of the molecule is C=CCCC(=O)C[C@@H]1C[C@H]2CC[C@@H]1C2. The van der Waals surface area contributed by atoms with E-state index in [2.05, 4.69) is 6.58 Å². The summed E-state index contributed by atoms with van der Waals surface area (Å²) >= 11 is 0. The summed E-state index contributed by atoms with van der Waals surface area (Å²) < 4.78 is 0. The summed E-state index contributed by atoms with van der Waals surface area (Å²) in [7, 11) is 0. The van der Waals surface area contributed by atoms with Crippen molar-refractivity contribution in [1.82, 2.24) is 0 Å². The van der Waals surface area contributed by atoms with Gasteiger partial charge in [-0.15, -0.1) is 6.58 Å². The van der Waals surface area contributed by atoms with Gasteiger partial charge in [-0.05, 0) is 43.4 Å². The van der Waals surface area contributed by atoms with Crippen molar-refractivity contribution in [2.45, 2.75) is 44.9 Å². The van der Waals surface area contributed by atoms with Crippen molar-refractivity contribution >= 4 is 5.78 Å². The van der Waals surface area contributed by atoms with Gasteiger partial charge in [0.15, 0.2) is 0 Å². The normalized spacial score (nSPS) is 34.7. The topological polar surface area (TPSA) is 17.1 Å². The van der Waals surface area contributed by atoms with Gasteiger partial charge in [-0.25, -0.2) is 0 Å². The van der Waals surface area contributed by atoms with Crippen LogP contribution >= 0.6 is 0 Å². The lowest BCUT2D eigenvalue weighted by Crippen LogP contribution is -2.14. The van der Waals surface area contributed by atoms with Gasteiger partial charge in [-0.2, -0.15) is 0 Å². The Kier molecular flexibility index (Phi) is 3.05. The Labute approximate surface area is 86.6 Å². The highest BCUT2D eigenvalue weighted by Gasteiger charge is 2.39. The van der Waals surface area contributed by atoms with Crippen LogP contribution in [-0.2, 0) is 4.79 Å². The molecule has 0 aromatic heterocycles. The van der Waals surface area contributed by atoms with Crippen molar-refractivity contribution in [3.05, 3.63) is 12.7 Å². The van der Waals surface area contributed by atoms with E-state index in [0.717, 1.165) is 37.0 Å². The van der Waals surface area contributed by atoms with E-state index in [9.17, 15) is 4.79 Å². The van der Waals surface area contributed by atoms with E-state index >= 15 is 0 Å². The third-order valence-corrected chi connectivity index (χ3v) is 4.00. The number of ketones is 1. The number of rotatable bonds is 5. The molecular weight excluding hydrogens is 172 g/mol. The van der Waals surface area contributed by atoms with Crippen molar-refractivity contribution in [2.75, 3.05) is 0 Å². The van der Waals surface area contributed by atoms with E-state index in [-0.39, 0.29) is 0 Å². The zero-order valence-electron chi connectivity index (χ0n) is 8.87. The van der Waals surface area contributed by atoms with Crippen molar-refractivity contribution in [2.24, 2.45) is 17.8 Å². The first-order valence-corrected chi connectivity index (χ1v) is 5.92. The maximum Gasteiger partial charge on any atom is 0.133 e. The van der Waals surface area contributed by atoms with E-state index in [0.29, 0.717) is 5.78 Å². The van der Waals surface area contributed by atoms with Crippen LogP contribution in [0.3, 0.4) is 0 Å². The minimum absolute atomic E-state index is 0.461. The molecule has 0 aliphatic heterocycles. The van der Waals surface area contributed by atoms with Crippen LogP contribution in [0.15, 0.2) is 12.7 Å². The van der Waals surface area contributed by atoms with Gasteiger partial charge in [-0.3, -0.25) is 4.79 Å². The number of allylic oxidation sites excluding steroid dienone is 1. The van der Waals surface area contributed by atoms with Crippen LogP contribution in [0.4, 0.5) is 0 Å². The molecule has 0 N–H and O–H groups in total. The van der Waals surface area contributed by atoms with Gasteiger partial charge in [0.2, 0.25) is 0 Å². The van der Waals surface area contributed by atoms with Crippen LogP contribution in [0.2, 0.25) is 0 Å². The number of hydrogen-bond acceptors (Lipinski definition) is 1. The van der Waals surface area contributed by atoms with E-state index < -0.39 is 0 Å². The molecule has 0 saturated heterocycles. The zero-order chi connectivity index (χ0) is 9.97. The summed E-state index contributed by atoms with van der Waals surface area (Å²) in [6.45, 7) is 3.65. The quantitative estimate of drug-likeness (QED) is 0.610. The highest BCUT2D eigenvalue weighted by Crippen LogP contribution is 2.49. The first-order valence-electron chi connectivity index (χ1n) is 5.92. The third-order valence-electron chi connectivity index (χ3n) is 4.00. The first kappa shape index (κ1) is 9.95. The molecule has 0 amide bonds. The second-order valence-electron chi connectivity index (χ2n) is 5.01. The molecule has 0 radical (unpaired) electrons. The fourth-order valence-corrected chi connectivity index (χ4v) is 3.28. The maximum atomic E-state index is 11.6. The van der Waals surface area contributed by atoms with Gasteiger partial charge in [-0.1, -0.05) is 12.5 Å². The van der Waals surface area contributed by atoms with Gasteiger partial charge < -0.3 is 0 Å². The Hall–Kier alpha value is -0.590. The molecule has 1 heteroatoms. The van der Waals surface area contributed by atoms with Gasteiger partial charge in [0.25, 0.3) is 0 Å². The number of carbonyl (C=O) groups excluding carboxylic acids is 1. The van der Waals surface area contributed by atoms with Gasteiger partial charge >= 0.3 is 0 Å². The summed E-state index contributed by atoms with van der Waals surface area (Å²) in [5.41, 5.74) is 0. The second kappa shape index (κ2) is 4.29. The highest BCUT2D eigenvalue weighted by molar-refractivity contribution is 5.78. The molecule has 2 rings (SSSR count). The fraction of sp³-hybridized carbons (Fsp3) is 0.769. The van der Waals surface area contributed by atoms with Crippen molar-refractivity contribution in [3.8, 4) is 0 Å². The van der Waals surface area contributed by atoms with Gasteiger partial charge in [0.05, 0.1) is 0 Å². The molecule has 0 unspecified atom stereocenters. The van der Waals surface area contributed by atoms with E-state index in [1.54, 1.807) is 0 Å². The van der Waals surface area contributed by atoms with Crippen LogP contribution in [0.1, 0.15) is 44.9 Å². The molecule has 2 aliphatic carbocycles. The number of Topliss-reactive ketones (excluding diaryl/α,β-unsaturated/α-hetero) is 1. The molecule has 2 fully saturated rings. The average molecular weight is 192 g/mol. The number of carbonyl (C=O) groups is 1. The monoisotopic (exact) mass is 192 g/mol. The Morgan fingerprint density at radius 3 is 2.79 bits per heavy atom. The molecule has 0 heterocycles. The van der Waals surface area contributed by atoms with E-state index in [4.69, 9.17) is 0 Å². The predicted molar refractivity (Wildman–Crippen MR) is 58.0 cm³/mol. The Balaban J connectivity index is 1.75. The predicted octanol–water partition coefficient (Wildman–Crippen LogP) is 3.35. The Morgan fingerprint density at radius 1 is 1.36 bits per heavy atom. The third kappa shape index (κ3) is 2.08. The number of fused-ring (bicyclic) bond motifs is 2. The van der Waals surface area contributed by atoms with Crippen molar-refractivity contribution < 1.29 is 4.79 Å². The largest absolute Gasteiger partial charge is 0.300 e. The van der Waals surface area contributed by atoms with Crippen LogP contribution < -0.4 is 0 Å². The molecule has 3 atom stereocenters. The molecule has 0 aromatic carbocycles. The number of hydrogen-bond donors (Lipinski definition) is 0. The summed E-state index contributed by atoms with van der Waals surface area (Å²) in [6, 6.07) is 0. The zero-order valence-corrected chi connectivity index (χ0v) is 8.87. The van der Waals surface area contributed by atoms with Gasteiger partial charge in [0.1, 0.15) is 5.78 Å². The molecular formula is C13H20O. The van der Waals surface area contributed by atoms with Crippen LogP contribution in [0, 0.1) is 17.8 Å². The Morgan fingerprint density at radius 2 is 2.21 bits per heavy atom. The summed E-state index contributed by atoms with van der Waals surface area (Å²) in [5.74, 6) is 3.07. The summed E-state index contributed by atoms with van der Waals surface area (Å²) in [5, 5.41) is 0. The standard InChI is InChI=1S/C13H20O/c1-2-3-4-13(14)9-12-8-10-5-6-11(12)7-10/h2,10-12H,1,3-9H2/t10-,11+,12-/m0/s1. The molecule has 78 valence electrons. The second-order valence-corrected chi connectivity index (χ2v) is 5.01. The minimum atomic E-state index is 0.461. The molecule has 2 saturated carbocycles. The summed E-state index contributed by atoms with van der Waals surface area (Å²) in [6.07, 6.45) is 9.86. The molecule has 0 spiro atoms. The lowest BCUT2D eigenvalue weighted by molar-refractivity contribution is -0.120. The van der Waals surface area contributed by atoms with Crippen molar-refractivity contribution in [1.29, 1.82) is 0 Å².